The van der Waals surface area contributed by atoms with Crippen molar-refractivity contribution in [2.45, 2.75) is 13.5 Å². The van der Waals surface area contributed by atoms with Gasteiger partial charge in [-0.3, -0.25) is 0 Å². The summed E-state index contributed by atoms with van der Waals surface area (Å²) in [5.74, 6) is 0.973. The third kappa shape index (κ3) is 2.08. The molecule has 0 saturated carbocycles. The fourth-order valence-corrected chi connectivity index (χ4v) is 1.82. The molecular formula is C12H16N4O. The van der Waals surface area contributed by atoms with Crippen molar-refractivity contribution in [3.8, 4) is 0 Å². The normalized spacial score (nSPS) is 10.8. The summed E-state index contributed by atoms with van der Waals surface area (Å²) in [6.45, 7) is 2.47. The first-order chi connectivity index (χ1) is 7.99. The number of hydrogen-bond donors (Lipinski definition) is 1. The molecule has 17 heavy (non-hydrogen) atoms. The van der Waals surface area contributed by atoms with Crippen molar-refractivity contribution >= 4 is 17.1 Å². The number of hydrogen-bond acceptors (Lipinski definition) is 2. The number of amides is 2. The molecule has 2 aromatic rings. The monoisotopic (exact) mass is 232 g/mol. The van der Waals surface area contributed by atoms with Gasteiger partial charge in [0, 0.05) is 20.6 Å². The highest BCUT2D eigenvalue weighted by atomic mass is 16.2. The zero-order valence-electron chi connectivity index (χ0n) is 10.3. The van der Waals surface area contributed by atoms with Crippen molar-refractivity contribution in [2.75, 3.05) is 7.05 Å². The van der Waals surface area contributed by atoms with Gasteiger partial charge in [0.25, 0.3) is 0 Å². The Morgan fingerprint density at radius 2 is 2.24 bits per heavy atom. The molecule has 0 unspecified atom stereocenters. The predicted molar refractivity (Wildman–Crippen MR) is 66.5 cm³/mol. The van der Waals surface area contributed by atoms with Gasteiger partial charge in [-0.2, -0.15) is 0 Å². The standard InChI is InChI=1S/C12H16N4O/c1-8-14-10-6-9(7-15(2)12(13)17)4-5-11(10)16(8)3/h4-6H,7H2,1-3H3,(H2,13,17). The van der Waals surface area contributed by atoms with Gasteiger partial charge in [-0.25, -0.2) is 9.78 Å². The van der Waals surface area contributed by atoms with E-state index in [1.807, 2.05) is 36.7 Å². The maximum atomic E-state index is 11.0. The highest BCUT2D eigenvalue weighted by molar-refractivity contribution is 5.77. The maximum absolute atomic E-state index is 11.0. The second kappa shape index (κ2) is 4.08. The number of nitrogens with zero attached hydrogens (tertiary/aromatic N) is 3. The first-order valence-corrected chi connectivity index (χ1v) is 5.41. The minimum Gasteiger partial charge on any atom is -0.351 e. The molecule has 5 heteroatoms. The lowest BCUT2D eigenvalue weighted by molar-refractivity contribution is 0.216. The summed E-state index contributed by atoms with van der Waals surface area (Å²) in [5, 5.41) is 0. The van der Waals surface area contributed by atoms with Crippen LogP contribution in [0.2, 0.25) is 0 Å². The SMILES string of the molecule is Cc1nc2cc(CN(C)C(N)=O)ccc2n1C. The minimum absolute atomic E-state index is 0.428. The van der Waals surface area contributed by atoms with E-state index < -0.39 is 6.03 Å². The number of fused-ring (bicyclic) bond motifs is 1. The summed E-state index contributed by atoms with van der Waals surface area (Å²) < 4.78 is 2.04. The molecule has 0 fully saturated rings. The van der Waals surface area contributed by atoms with Gasteiger partial charge in [-0.15, -0.1) is 0 Å². The Morgan fingerprint density at radius 1 is 1.53 bits per heavy atom. The number of carbonyl (C=O) groups is 1. The second-order valence-electron chi connectivity index (χ2n) is 4.24. The van der Waals surface area contributed by atoms with Crippen LogP contribution in [0.3, 0.4) is 0 Å². The molecule has 2 N–H and O–H groups in total. The Labute approximate surface area is 99.8 Å². The van der Waals surface area contributed by atoms with Crippen molar-refractivity contribution in [3.05, 3.63) is 29.6 Å². The number of nitrogens with two attached hydrogens (primary N) is 1. The van der Waals surface area contributed by atoms with Crippen molar-refractivity contribution in [3.63, 3.8) is 0 Å². The predicted octanol–water partition coefficient (Wildman–Crippen LogP) is 1.39. The fraction of sp³-hybridized carbons (Fsp3) is 0.333. The second-order valence-corrected chi connectivity index (χ2v) is 4.24. The molecule has 0 spiro atoms. The van der Waals surface area contributed by atoms with Crippen LogP contribution in [0.1, 0.15) is 11.4 Å². The molecule has 0 radical (unpaired) electrons. The number of imidazole rings is 1. The molecule has 2 amide bonds. The molecular weight excluding hydrogens is 216 g/mol. The molecule has 1 aromatic carbocycles. The van der Waals surface area contributed by atoms with Gasteiger partial charge in [0.1, 0.15) is 5.82 Å². The van der Waals surface area contributed by atoms with E-state index in [1.54, 1.807) is 7.05 Å². The Kier molecular flexibility index (Phi) is 2.75. The number of carbonyl (C=O) groups excluding carboxylic acids is 1. The number of primary amides is 1. The summed E-state index contributed by atoms with van der Waals surface area (Å²) >= 11 is 0. The van der Waals surface area contributed by atoms with Gasteiger partial charge in [-0.1, -0.05) is 6.07 Å². The Bertz CT molecular complexity index is 573. The van der Waals surface area contributed by atoms with E-state index in [2.05, 4.69) is 4.98 Å². The maximum Gasteiger partial charge on any atom is 0.314 e. The highest BCUT2D eigenvalue weighted by Crippen LogP contribution is 2.17. The molecule has 0 aliphatic carbocycles. The average molecular weight is 232 g/mol. The van der Waals surface area contributed by atoms with E-state index in [1.165, 1.54) is 4.90 Å². The summed E-state index contributed by atoms with van der Waals surface area (Å²) in [5.41, 5.74) is 8.25. The van der Waals surface area contributed by atoms with E-state index >= 15 is 0 Å². The lowest BCUT2D eigenvalue weighted by atomic mass is 10.2. The van der Waals surface area contributed by atoms with Crippen molar-refractivity contribution in [1.29, 1.82) is 0 Å². The first-order valence-electron chi connectivity index (χ1n) is 5.41. The smallest absolute Gasteiger partial charge is 0.314 e. The molecule has 0 saturated heterocycles. The van der Waals surface area contributed by atoms with Crippen LogP contribution in [0.25, 0.3) is 11.0 Å². The van der Waals surface area contributed by atoms with E-state index in [4.69, 9.17) is 5.73 Å². The average Bonchev–Trinajstić information content (AvgIpc) is 2.54. The topological polar surface area (TPSA) is 64.2 Å². The fourth-order valence-electron chi connectivity index (χ4n) is 1.82. The van der Waals surface area contributed by atoms with Gasteiger partial charge in [0.05, 0.1) is 11.0 Å². The number of benzene rings is 1. The molecule has 5 nitrogen and oxygen atoms in total. The van der Waals surface area contributed by atoms with Gasteiger partial charge >= 0.3 is 6.03 Å². The number of urea groups is 1. The number of rotatable bonds is 2. The summed E-state index contributed by atoms with van der Waals surface area (Å²) in [4.78, 5) is 16.9. The minimum atomic E-state index is -0.428. The molecule has 0 bridgehead atoms. The Morgan fingerprint density at radius 3 is 2.88 bits per heavy atom. The van der Waals surface area contributed by atoms with Crippen molar-refractivity contribution in [1.82, 2.24) is 14.5 Å². The zero-order chi connectivity index (χ0) is 12.6. The van der Waals surface area contributed by atoms with Gasteiger partial charge in [0.15, 0.2) is 0 Å². The third-order valence-corrected chi connectivity index (χ3v) is 2.96. The van der Waals surface area contributed by atoms with Crippen LogP contribution < -0.4 is 5.73 Å². The van der Waals surface area contributed by atoms with E-state index in [0.717, 1.165) is 22.4 Å². The van der Waals surface area contributed by atoms with E-state index in [0.29, 0.717) is 6.54 Å². The quantitative estimate of drug-likeness (QED) is 0.850. The molecule has 1 aromatic heterocycles. The largest absolute Gasteiger partial charge is 0.351 e. The highest BCUT2D eigenvalue weighted by Gasteiger charge is 2.07. The molecule has 1 heterocycles. The summed E-state index contributed by atoms with van der Waals surface area (Å²) in [7, 11) is 3.66. The lowest BCUT2D eigenvalue weighted by Crippen LogP contribution is -2.31. The molecule has 0 aliphatic rings. The third-order valence-electron chi connectivity index (χ3n) is 2.96. The van der Waals surface area contributed by atoms with Gasteiger partial charge < -0.3 is 15.2 Å². The van der Waals surface area contributed by atoms with Gasteiger partial charge in [0.2, 0.25) is 0 Å². The van der Waals surface area contributed by atoms with Crippen LogP contribution in [0.15, 0.2) is 18.2 Å². The first kappa shape index (κ1) is 11.4. The Hall–Kier alpha value is -2.04. The summed E-state index contributed by atoms with van der Waals surface area (Å²) in [6.07, 6.45) is 0. The molecule has 0 atom stereocenters. The lowest BCUT2D eigenvalue weighted by Gasteiger charge is -2.13. The summed E-state index contributed by atoms with van der Waals surface area (Å²) in [6, 6.07) is 5.56. The molecule has 2 rings (SSSR count). The van der Waals surface area contributed by atoms with E-state index in [9.17, 15) is 4.79 Å². The van der Waals surface area contributed by atoms with Crippen LogP contribution in [0.5, 0.6) is 0 Å². The van der Waals surface area contributed by atoms with Gasteiger partial charge in [-0.05, 0) is 24.6 Å². The number of aryl methyl sites for hydroxylation is 2. The van der Waals surface area contributed by atoms with Crippen molar-refractivity contribution in [2.24, 2.45) is 12.8 Å². The zero-order valence-corrected chi connectivity index (χ0v) is 10.3. The van der Waals surface area contributed by atoms with Crippen molar-refractivity contribution < 1.29 is 4.79 Å². The van der Waals surface area contributed by atoms with Crippen LogP contribution in [0.4, 0.5) is 4.79 Å². The van der Waals surface area contributed by atoms with Crippen LogP contribution >= 0.6 is 0 Å². The van der Waals surface area contributed by atoms with Crippen LogP contribution in [0, 0.1) is 6.92 Å². The van der Waals surface area contributed by atoms with Crippen LogP contribution in [-0.2, 0) is 13.6 Å². The van der Waals surface area contributed by atoms with Crippen LogP contribution in [-0.4, -0.2) is 27.5 Å². The molecule has 0 aliphatic heterocycles. The number of aromatic nitrogens is 2. The molecule has 90 valence electrons. The Balaban J connectivity index is 2.35. The van der Waals surface area contributed by atoms with E-state index in [-0.39, 0.29) is 0 Å².